The Hall–Kier alpha value is -0.780. The molecule has 0 spiro atoms. The summed E-state index contributed by atoms with van der Waals surface area (Å²) < 4.78 is 1.78. The van der Waals surface area contributed by atoms with E-state index in [0.29, 0.717) is 13.0 Å². The lowest BCUT2D eigenvalue weighted by molar-refractivity contribution is -0.121. The van der Waals surface area contributed by atoms with Crippen LogP contribution in [0.5, 0.6) is 0 Å². The van der Waals surface area contributed by atoms with Crippen molar-refractivity contribution < 1.29 is 4.79 Å². The molecular formula is C13H24Cl2N4O. The molecule has 1 aliphatic rings. The normalized spacial score (nSPS) is 21.4. The lowest BCUT2D eigenvalue weighted by Crippen LogP contribution is -2.45. The van der Waals surface area contributed by atoms with Gasteiger partial charge in [-0.05, 0) is 30.9 Å². The van der Waals surface area contributed by atoms with Crippen molar-refractivity contribution in [1.82, 2.24) is 20.4 Å². The fraction of sp³-hybridized carbons (Fsp3) is 0.692. The van der Waals surface area contributed by atoms with Gasteiger partial charge in [0.25, 0.3) is 0 Å². The number of nitrogens with one attached hydrogen (secondary N) is 2. The number of aryl methyl sites for hydroxylation is 1. The number of nitrogens with zero attached hydrogens (tertiary/aromatic N) is 2. The fourth-order valence-electron chi connectivity index (χ4n) is 2.32. The van der Waals surface area contributed by atoms with Crippen molar-refractivity contribution in [1.29, 1.82) is 0 Å². The molecule has 2 rings (SSSR count). The largest absolute Gasteiger partial charge is 0.355 e. The molecule has 0 radical (unpaired) electrons. The van der Waals surface area contributed by atoms with Crippen molar-refractivity contribution in [2.75, 3.05) is 19.6 Å². The molecule has 1 atom stereocenters. The van der Waals surface area contributed by atoms with Gasteiger partial charge in [0, 0.05) is 38.4 Å². The van der Waals surface area contributed by atoms with Crippen LogP contribution in [0.25, 0.3) is 0 Å². The highest BCUT2D eigenvalue weighted by atomic mass is 35.5. The maximum absolute atomic E-state index is 11.8. The molecule has 1 unspecified atom stereocenters. The number of hydrogen-bond donors (Lipinski definition) is 2. The van der Waals surface area contributed by atoms with Crippen LogP contribution in [0, 0.1) is 5.41 Å². The van der Waals surface area contributed by atoms with Gasteiger partial charge in [-0.3, -0.25) is 9.48 Å². The topological polar surface area (TPSA) is 59.0 Å². The molecular weight excluding hydrogens is 299 g/mol. The highest BCUT2D eigenvalue weighted by Gasteiger charge is 2.26. The molecule has 1 fully saturated rings. The second kappa shape index (κ2) is 9.21. The van der Waals surface area contributed by atoms with Gasteiger partial charge in [-0.1, -0.05) is 6.92 Å². The third-order valence-electron chi connectivity index (χ3n) is 3.53. The van der Waals surface area contributed by atoms with Crippen molar-refractivity contribution >= 4 is 30.7 Å². The van der Waals surface area contributed by atoms with Crippen LogP contribution in [-0.2, 0) is 11.3 Å². The van der Waals surface area contributed by atoms with Crippen LogP contribution >= 0.6 is 24.8 Å². The molecule has 0 aliphatic carbocycles. The zero-order valence-corrected chi connectivity index (χ0v) is 13.4. The van der Waals surface area contributed by atoms with Gasteiger partial charge in [0.05, 0.1) is 0 Å². The molecule has 0 aromatic carbocycles. The van der Waals surface area contributed by atoms with E-state index in [-0.39, 0.29) is 36.1 Å². The van der Waals surface area contributed by atoms with Crippen LogP contribution in [0.2, 0.25) is 0 Å². The van der Waals surface area contributed by atoms with Crippen molar-refractivity contribution in [3.05, 3.63) is 18.5 Å². The van der Waals surface area contributed by atoms with Crippen molar-refractivity contribution in [3.63, 3.8) is 0 Å². The molecule has 0 bridgehead atoms. The molecule has 1 saturated heterocycles. The number of carbonyl (C=O) groups is 1. The molecule has 2 N–H and O–H groups in total. The monoisotopic (exact) mass is 322 g/mol. The van der Waals surface area contributed by atoms with Crippen LogP contribution in [0.4, 0.5) is 0 Å². The van der Waals surface area contributed by atoms with E-state index in [1.165, 1.54) is 12.8 Å². The summed E-state index contributed by atoms with van der Waals surface area (Å²) in [6.07, 6.45) is 6.47. The van der Waals surface area contributed by atoms with Gasteiger partial charge in [-0.2, -0.15) is 5.10 Å². The summed E-state index contributed by atoms with van der Waals surface area (Å²) in [6, 6.07) is 1.87. The summed E-state index contributed by atoms with van der Waals surface area (Å²) in [6.45, 7) is 5.73. The summed E-state index contributed by atoms with van der Waals surface area (Å²) in [5.41, 5.74) is 0.208. The zero-order chi connectivity index (χ0) is 12.8. The average Bonchev–Trinajstić information content (AvgIpc) is 2.88. The van der Waals surface area contributed by atoms with Crippen molar-refractivity contribution in [2.45, 2.75) is 32.7 Å². The lowest BCUT2D eigenvalue weighted by atomic mass is 9.83. The Morgan fingerprint density at radius 2 is 2.30 bits per heavy atom. The maximum atomic E-state index is 11.8. The number of rotatable bonds is 5. The van der Waals surface area contributed by atoms with E-state index in [1.807, 2.05) is 12.3 Å². The van der Waals surface area contributed by atoms with Gasteiger partial charge in [-0.25, -0.2) is 0 Å². The maximum Gasteiger partial charge on any atom is 0.221 e. The predicted octanol–water partition coefficient (Wildman–Crippen LogP) is 1.62. The van der Waals surface area contributed by atoms with Gasteiger partial charge < -0.3 is 10.6 Å². The first kappa shape index (κ1) is 19.2. The fourth-order valence-corrected chi connectivity index (χ4v) is 2.32. The number of amides is 1. The van der Waals surface area contributed by atoms with Gasteiger partial charge in [-0.15, -0.1) is 24.8 Å². The Morgan fingerprint density at radius 1 is 1.50 bits per heavy atom. The highest BCUT2D eigenvalue weighted by molar-refractivity contribution is 5.85. The summed E-state index contributed by atoms with van der Waals surface area (Å²) in [7, 11) is 0. The quantitative estimate of drug-likeness (QED) is 0.866. The van der Waals surface area contributed by atoms with E-state index in [9.17, 15) is 4.79 Å². The molecule has 7 heteroatoms. The standard InChI is InChI=1S/C13H22N4O.2ClH/c1-13(5-2-6-14-10-13)11-15-12(18)4-9-17-8-3-7-16-17;;/h3,7-8,14H,2,4-6,9-11H2,1H3,(H,15,18);2*1H. The Labute approximate surface area is 132 Å². The average molecular weight is 323 g/mol. The smallest absolute Gasteiger partial charge is 0.221 e. The number of piperidine rings is 1. The van der Waals surface area contributed by atoms with Gasteiger partial charge in [0.15, 0.2) is 0 Å². The zero-order valence-electron chi connectivity index (χ0n) is 11.8. The van der Waals surface area contributed by atoms with E-state index in [1.54, 1.807) is 10.9 Å². The Bertz CT molecular complexity index is 378. The minimum Gasteiger partial charge on any atom is -0.355 e. The van der Waals surface area contributed by atoms with E-state index >= 15 is 0 Å². The number of halogens is 2. The Balaban J connectivity index is 0.00000180. The molecule has 1 aromatic rings. The Kier molecular flexibility index (Phi) is 8.85. The van der Waals surface area contributed by atoms with Crippen LogP contribution < -0.4 is 10.6 Å². The molecule has 1 amide bonds. The summed E-state index contributed by atoms with van der Waals surface area (Å²) in [5, 5.41) is 10.5. The molecule has 2 heterocycles. The third kappa shape index (κ3) is 6.11. The van der Waals surface area contributed by atoms with E-state index in [0.717, 1.165) is 19.6 Å². The van der Waals surface area contributed by atoms with E-state index in [2.05, 4.69) is 22.7 Å². The second-order valence-electron chi connectivity index (χ2n) is 5.39. The predicted molar refractivity (Wildman–Crippen MR) is 84.6 cm³/mol. The first-order valence-corrected chi connectivity index (χ1v) is 6.63. The van der Waals surface area contributed by atoms with E-state index in [4.69, 9.17) is 0 Å². The number of hydrogen-bond acceptors (Lipinski definition) is 3. The van der Waals surface area contributed by atoms with Gasteiger partial charge >= 0.3 is 0 Å². The molecule has 0 saturated carbocycles. The lowest BCUT2D eigenvalue weighted by Gasteiger charge is -2.34. The van der Waals surface area contributed by atoms with Crippen LogP contribution in [0.1, 0.15) is 26.2 Å². The molecule has 20 heavy (non-hydrogen) atoms. The Morgan fingerprint density at radius 3 is 2.90 bits per heavy atom. The summed E-state index contributed by atoms with van der Waals surface area (Å²) >= 11 is 0. The van der Waals surface area contributed by atoms with Gasteiger partial charge in [0.2, 0.25) is 5.91 Å². The highest BCUT2D eigenvalue weighted by Crippen LogP contribution is 2.24. The third-order valence-corrected chi connectivity index (χ3v) is 3.53. The number of aromatic nitrogens is 2. The van der Waals surface area contributed by atoms with Crippen LogP contribution in [0.3, 0.4) is 0 Å². The van der Waals surface area contributed by atoms with E-state index < -0.39 is 0 Å². The van der Waals surface area contributed by atoms with Gasteiger partial charge in [0.1, 0.15) is 0 Å². The molecule has 116 valence electrons. The summed E-state index contributed by atoms with van der Waals surface area (Å²) in [5.74, 6) is 0.109. The minimum atomic E-state index is 0. The van der Waals surface area contributed by atoms with Crippen LogP contribution in [0.15, 0.2) is 18.5 Å². The van der Waals surface area contributed by atoms with Crippen molar-refractivity contribution in [3.8, 4) is 0 Å². The summed E-state index contributed by atoms with van der Waals surface area (Å²) in [4.78, 5) is 11.8. The van der Waals surface area contributed by atoms with Crippen LogP contribution in [-0.4, -0.2) is 35.3 Å². The second-order valence-corrected chi connectivity index (χ2v) is 5.39. The van der Waals surface area contributed by atoms with Crippen molar-refractivity contribution in [2.24, 2.45) is 5.41 Å². The molecule has 1 aromatic heterocycles. The minimum absolute atomic E-state index is 0. The first-order valence-electron chi connectivity index (χ1n) is 6.63. The first-order chi connectivity index (χ1) is 8.68. The molecule has 5 nitrogen and oxygen atoms in total. The molecule has 1 aliphatic heterocycles. The number of carbonyl (C=O) groups excluding carboxylic acids is 1. The SMILES string of the molecule is CC1(CNC(=O)CCn2cccn2)CCCNC1.Cl.Cl.